The third kappa shape index (κ3) is 3.18. The summed E-state index contributed by atoms with van der Waals surface area (Å²) in [6, 6.07) is 7.31. The highest BCUT2D eigenvalue weighted by atomic mass is 35.5. The summed E-state index contributed by atoms with van der Waals surface area (Å²) in [5, 5.41) is 1.03. The summed E-state index contributed by atoms with van der Waals surface area (Å²) in [6.07, 6.45) is 1.68. The van der Waals surface area contributed by atoms with Crippen LogP contribution in [0.1, 0.15) is 12.5 Å². The zero-order valence-electron chi connectivity index (χ0n) is 10.5. The van der Waals surface area contributed by atoms with Gasteiger partial charge in [0.25, 0.3) is 0 Å². The van der Waals surface area contributed by atoms with E-state index >= 15 is 0 Å². The van der Waals surface area contributed by atoms with Gasteiger partial charge < -0.3 is 10.5 Å². The molecule has 1 heterocycles. The highest BCUT2D eigenvalue weighted by molar-refractivity contribution is 6.42. The molecule has 0 unspecified atom stereocenters. The molecule has 0 bridgehead atoms. The Hall–Kier alpha value is -1.29. The van der Waals surface area contributed by atoms with Crippen LogP contribution in [0.5, 0.6) is 5.75 Å². The van der Waals surface area contributed by atoms with Crippen molar-refractivity contribution >= 4 is 23.2 Å². The third-order valence-corrected chi connectivity index (χ3v) is 3.42. The molecule has 0 fully saturated rings. The topological polar surface area (TPSA) is 48.1 Å². The maximum absolute atomic E-state index is 6.01. The Labute approximate surface area is 122 Å². The fraction of sp³-hybridized carbons (Fsp3) is 0.214. The van der Waals surface area contributed by atoms with Gasteiger partial charge in [-0.2, -0.15) is 0 Å². The number of hydrogen-bond acceptors (Lipinski definition) is 3. The van der Waals surface area contributed by atoms with Gasteiger partial charge >= 0.3 is 0 Å². The van der Waals surface area contributed by atoms with Crippen LogP contribution in [0.3, 0.4) is 0 Å². The molecule has 2 N–H and O–H groups in total. The Balaban J connectivity index is 2.42. The van der Waals surface area contributed by atoms with Crippen molar-refractivity contribution in [3.63, 3.8) is 0 Å². The molecule has 0 spiro atoms. The number of hydrogen-bond donors (Lipinski definition) is 1. The molecule has 0 aliphatic carbocycles. The number of ether oxygens (including phenoxy) is 1. The third-order valence-electron chi connectivity index (χ3n) is 2.68. The lowest BCUT2D eigenvalue weighted by molar-refractivity contribution is 0.335. The normalized spacial score (nSPS) is 10.5. The fourth-order valence-corrected chi connectivity index (χ4v) is 2.04. The predicted molar refractivity (Wildman–Crippen MR) is 78.8 cm³/mol. The zero-order chi connectivity index (χ0) is 13.8. The van der Waals surface area contributed by atoms with E-state index < -0.39 is 0 Å². The first kappa shape index (κ1) is 14.1. The molecule has 0 atom stereocenters. The Morgan fingerprint density at radius 1 is 1.21 bits per heavy atom. The van der Waals surface area contributed by atoms with Crippen LogP contribution in [0.25, 0.3) is 11.3 Å². The number of nitrogens with two attached hydrogens (primary N) is 1. The minimum Gasteiger partial charge on any atom is -0.492 e. The lowest BCUT2D eigenvalue weighted by Crippen LogP contribution is -2.03. The number of nitrogens with zero attached hydrogens (tertiary/aromatic N) is 1. The van der Waals surface area contributed by atoms with E-state index in [4.69, 9.17) is 33.7 Å². The lowest BCUT2D eigenvalue weighted by Gasteiger charge is -2.10. The number of benzene rings is 1. The van der Waals surface area contributed by atoms with Crippen LogP contribution in [-0.2, 0) is 6.54 Å². The molecule has 0 aliphatic heterocycles. The van der Waals surface area contributed by atoms with Crippen molar-refractivity contribution in [2.24, 2.45) is 5.73 Å². The molecule has 1 aromatic heterocycles. The van der Waals surface area contributed by atoms with Crippen molar-refractivity contribution in [2.75, 3.05) is 6.61 Å². The Morgan fingerprint density at radius 3 is 2.63 bits per heavy atom. The summed E-state index contributed by atoms with van der Waals surface area (Å²) in [5.74, 6) is 0.716. The second kappa shape index (κ2) is 6.24. The van der Waals surface area contributed by atoms with Crippen LogP contribution < -0.4 is 10.5 Å². The van der Waals surface area contributed by atoms with Crippen molar-refractivity contribution in [1.82, 2.24) is 4.98 Å². The van der Waals surface area contributed by atoms with Crippen molar-refractivity contribution < 1.29 is 4.74 Å². The molecular weight excluding hydrogens is 283 g/mol. The molecule has 5 heteroatoms. The van der Waals surface area contributed by atoms with Crippen LogP contribution in [0, 0.1) is 0 Å². The van der Waals surface area contributed by atoms with Crippen LogP contribution in [0.15, 0.2) is 30.5 Å². The zero-order valence-corrected chi connectivity index (χ0v) is 12.0. The first-order chi connectivity index (χ1) is 9.15. The molecule has 1 aromatic carbocycles. The summed E-state index contributed by atoms with van der Waals surface area (Å²) in [7, 11) is 0. The summed E-state index contributed by atoms with van der Waals surface area (Å²) in [6.45, 7) is 2.90. The number of rotatable bonds is 4. The van der Waals surface area contributed by atoms with Crippen LogP contribution in [0.2, 0.25) is 10.0 Å². The van der Waals surface area contributed by atoms with E-state index in [1.54, 1.807) is 18.3 Å². The molecule has 0 aliphatic rings. The monoisotopic (exact) mass is 296 g/mol. The SMILES string of the molecule is CCOc1cnc(-c2ccc(Cl)c(Cl)c2)cc1CN. The minimum absolute atomic E-state index is 0.395. The predicted octanol–water partition coefficient (Wildman–Crippen LogP) is 3.91. The molecule has 0 radical (unpaired) electrons. The maximum atomic E-state index is 6.01. The maximum Gasteiger partial charge on any atom is 0.142 e. The quantitative estimate of drug-likeness (QED) is 0.930. The lowest BCUT2D eigenvalue weighted by atomic mass is 10.1. The average molecular weight is 297 g/mol. The van der Waals surface area contributed by atoms with E-state index in [2.05, 4.69) is 4.98 Å². The van der Waals surface area contributed by atoms with Gasteiger partial charge in [0.1, 0.15) is 5.75 Å². The molecule has 2 rings (SSSR count). The minimum atomic E-state index is 0.395. The standard InChI is InChI=1S/C14H14Cl2N2O/c1-2-19-14-8-18-13(6-10(14)7-17)9-3-4-11(15)12(16)5-9/h3-6,8H,2,7,17H2,1H3. The van der Waals surface area contributed by atoms with Crippen LogP contribution in [0.4, 0.5) is 0 Å². The number of halogens is 2. The molecule has 0 saturated carbocycles. The second-order valence-electron chi connectivity index (χ2n) is 3.94. The fourth-order valence-electron chi connectivity index (χ4n) is 1.74. The summed E-state index contributed by atoms with van der Waals surface area (Å²) < 4.78 is 5.47. The van der Waals surface area contributed by atoms with Gasteiger partial charge in [0.2, 0.25) is 0 Å². The Morgan fingerprint density at radius 2 is 2.00 bits per heavy atom. The van der Waals surface area contributed by atoms with E-state index in [0.29, 0.717) is 28.9 Å². The van der Waals surface area contributed by atoms with Gasteiger partial charge in [-0.05, 0) is 25.1 Å². The summed E-state index contributed by atoms with van der Waals surface area (Å²) in [5.41, 5.74) is 8.33. The van der Waals surface area contributed by atoms with Gasteiger partial charge in [-0.1, -0.05) is 29.3 Å². The van der Waals surface area contributed by atoms with E-state index in [1.165, 1.54) is 0 Å². The van der Waals surface area contributed by atoms with Gasteiger partial charge in [-0.15, -0.1) is 0 Å². The summed E-state index contributed by atoms with van der Waals surface area (Å²) in [4.78, 5) is 4.36. The van der Waals surface area contributed by atoms with Gasteiger partial charge in [-0.3, -0.25) is 4.98 Å². The van der Waals surface area contributed by atoms with Crippen molar-refractivity contribution in [3.05, 3.63) is 46.1 Å². The van der Waals surface area contributed by atoms with E-state index in [1.807, 2.05) is 19.1 Å². The van der Waals surface area contributed by atoms with E-state index in [0.717, 1.165) is 16.8 Å². The molecule has 0 amide bonds. The first-order valence-corrected chi connectivity index (χ1v) is 6.68. The van der Waals surface area contributed by atoms with Gasteiger partial charge in [0.05, 0.1) is 28.5 Å². The molecular formula is C14H14Cl2N2O. The van der Waals surface area contributed by atoms with Crippen LogP contribution in [-0.4, -0.2) is 11.6 Å². The van der Waals surface area contributed by atoms with Gasteiger partial charge in [-0.25, -0.2) is 0 Å². The second-order valence-corrected chi connectivity index (χ2v) is 4.76. The molecule has 2 aromatic rings. The molecule has 100 valence electrons. The Bertz CT molecular complexity index is 588. The molecule has 3 nitrogen and oxygen atoms in total. The van der Waals surface area contributed by atoms with Crippen molar-refractivity contribution in [2.45, 2.75) is 13.5 Å². The molecule has 0 saturated heterocycles. The highest BCUT2D eigenvalue weighted by Gasteiger charge is 2.08. The highest BCUT2D eigenvalue weighted by Crippen LogP contribution is 2.29. The van der Waals surface area contributed by atoms with Gasteiger partial charge in [0.15, 0.2) is 0 Å². The van der Waals surface area contributed by atoms with Crippen LogP contribution >= 0.6 is 23.2 Å². The van der Waals surface area contributed by atoms with E-state index in [-0.39, 0.29) is 0 Å². The first-order valence-electron chi connectivity index (χ1n) is 5.93. The number of pyridine rings is 1. The van der Waals surface area contributed by atoms with Crippen molar-refractivity contribution in [1.29, 1.82) is 0 Å². The Kier molecular flexibility index (Phi) is 4.64. The average Bonchev–Trinajstić information content (AvgIpc) is 2.42. The molecule has 19 heavy (non-hydrogen) atoms. The summed E-state index contributed by atoms with van der Waals surface area (Å²) >= 11 is 11.9. The number of aromatic nitrogens is 1. The van der Waals surface area contributed by atoms with E-state index in [9.17, 15) is 0 Å². The van der Waals surface area contributed by atoms with Crippen molar-refractivity contribution in [3.8, 4) is 17.0 Å². The smallest absolute Gasteiger partial charge is 0.142 e. The largest absolute Gasteiger partial charge is 0.492 e. The van der Waals surface area contributed by atoms with Gasteiger partial charge in [0, 0.05) is 17.7 Å².